The molecule has 120 valence electrons. The SMILES string of the molecule is COc1ccccc1-c1ccnc(Nc2cccc(C(C)=O)c2)n1. The molecule has 0 saturated carbocycles. The first-order chi connectivity index (χ1) is 11.7. The van der Waals surface area contributed by atoms with Gasteiger partial charge in [0.1, 0.15) is 5.75 Å². The number of carbonyl (C=O) groups excluding carboxylic acids is 1. The molecule has 5 heteroatoms. The lowest BCUT2D eigenvalue weighted by atomic mass is 10.1. The Morgan fingerprint density at radius 3 is 2.71 bits per heavy atom. The van der Waals surface area contributed by atoms with Gasteiger partial charge in [0, 0.05) is 23.0 Å². The molecule has 0 unspecified atom stereocenters. The molecular weight excluding hydrogens is 302 g/mol. The maximum Gasteiger partial charge on any atom is 0.227 e. The van der Waals surface area contributed by atoms with E-state index in [0.29, 0.717) is 11.5 Å². The molecular formula is C19H17N3O2. The first-order valence-corrected chi connectivity index (χ1v) is 7.52. The zero-order valence-electron chi connectivity index (χ0n) is 13.5. The van der Waals surface area contributed by atoms with Crippen LogP contribution in [0.4, 0.5) is 11.6 Å². The molecule has 0 atom stereocenters. The number of nitrogens with zero attached hydrogens (tertiary/aromatic N) is 2. The maximum atomic E-state index is 11.5. The van der Waals surface area contributed by atoms with Gasteiger partial charge in [-0.3, -0.25) is 4.79 Å². The Balaban J connectivity index is 1.91. The molecule has 0 aliphatic carbocycles. The second kappa shape index (κ2) is 6.91. The van der Waals surface area contributed by atoms with Crippen molar-refractivity contribution < 1.29 is 9.53 Å². The van der Waals surface area contributed by atoms with Gasteiger partial charge in [-0.15, -0.1) is 0 Å². The summed E-state index contributed by atoms with van der Waals surface area (Å²) in [5.74, 6) is 1.22. The quantitative estimate of drug-likeness (QED) is 0.717. The second-order valence-electron chi connectivity index (χ2n) is 5.23. The number of benzene rings is 2. The van der Waals surface area contributed by atoms with Crippen molar-refractivity contribution in [1.29, 1.82) is 0 Å². The lowest BCUT2D eigenvalue weighted by Crippen LogP contribution is -2.00. The van der Waals surface area contributed by atoms with Crippen molar-refractivity contribution >= 4 is 17.4 Å². The molecule has 3 rings (SSSR count). The topological polar surface area (TPSA) is 64.1 Å². The third-order valence-electron chi connectivity index (χ3n) is 3.56. The number of anilines is 2. The summed E-state index contributed by atoms with van der Waals surface area (Å²) in [6.45, 7) is 1.54. The number of nitrogens with one attached hydrogen (secondary N) is 1. The Hall–Kier alpha value is -3.21. The van der Waals surface area contributed by atoms with E-state index in [2.05, 4.69) is 15.3 Å². The van der Waals surface area contributed by atoms with Gasteiger partial charge in [0.2, 0.25) is 5.95 Å². The number of ether oxygens (including phenoxy) is 1. The van der Waals surface area contributed by atoms with E-state index in [1.165, 1.54) is 6.92 Å². The Morgan fingerprint density at radius 1 is 1.08 bits per heavy atom. The zero-order valence-corrected chi connectivity index (χ0v) is 13.5. The monoisotopic (exact) mass is 319 g/mol. The largest absolute Gasteiger partial charge is 0.496 e. The van der Waals surface area contributed by atoms with Crippen LogP contribution < -0.4 is 10.1 Å². The first kappa shape index (κ1) is 15.7. The summed E-state index contributed by atoms with van der Waals surface area (Å²) >= 11 is 0. The standard InChI is InChI=1S/C19H17N3O2/c1-13(23)14-6-5-7-15(12-14)21-19-20-11-10-17(22-19)16-8-3-4-9-18(16)24-2/h3-12H,1-2H3,(H,20,21,22). The smallest absolute Gasteiger partial charge is 0.227 e. The van der Waals surface area contributed by atoms with Crippen LogP contribution in [0.5, 0.6) is 5.75 Å². The zero-order chi connectivity index (χ0) is 16.9. The lowest BCUT2D eigenvalue weighted by Gasteiger charge is -2.10. The Labute approximate surface area is 140 Å². The lowest BCUT2D eigenvalue weighted by molar-refractivity contribution is 0.101. The molecule has 0 amide bonds. The molecule has 0 radical (unpaired) electrons. The van der Waals surface area contributed by atoms with Gasteiger partial charge in [0.05, 0.1) is 12.8 Å². The van der Waals surface area contributed by atoms with E-state index in [1.54, 1.807) is 25.4 Å². The van der Waals surface area contributed by atoms with Crippen molar-refractivity contribution in [2.75, 3.05) is 12.4 Å². The van der Waals surface area contributed by atoms with Gasteiger partial charge in [0.15, 0.2) is 5.78 Å². The fraction of sp³-hybridized carbons (Fsp3) is 0.105. The third kappa shape index (κ3) is 3.41. The fourth-order valence-electron chi connectivity index (χ4n) is 2.37. The number of para-hydroxylation sites is 1. The molecule has 0 spiro atoms. The average Bonchev–Trinajstić information content (AvgIpc) is 2.62. The van der Waals surface area contributed by atoms with Crippen LogP contribution in [0.25, 0.3) is 11.3 Å². The van der Waals surface area contributed by atoms with Crippen LogP contribution in [-0.4, -0.2) is 22.9 Å². The highest BCUT2D eigenvalue weighted by atomic mass is 16.5. The number of carbonyl (C=O) groups is 1. The normalized spacial score (nSPS) is 10.2. The van der Waals surface area contributed by atoms with Crippen LogP contribution in [0.3, 0.4) is 0 Å². The third-order valence-corrected chi connectivity index (χ3v) is 3.56. The van der Waals surface area contributed by atoms with Crippen LogP contribution >= 0.6 is 0 Å². The Bertz CT molecular complexity index is 878. The van der Waals surface area contributed by atoms with E-state index < -0.39 is 0 Å². The Morgan fingerprint density at radius 2 is 1.92 bits per heavy atom. The van der Waals surface area contributed by atoms with E-state index in [9.17, 15) is 4.79 Å². The molecule has 24 heavy (non-hydrogen) atoms. The molecule has 0 saturated heterocycles. The van der Waals surface area contributed by atoms with Crippen LogP contribution in [0, 0.1) is 0 Å². The van der Waals surface area contributed by atoms with Crippen molar-refractivity contribution in [2.24, 2.45) is 0 Å². The van der Waals surface area contributed by atoms with Crippen molar-refractivity contribution in [3.05, 3.63) is 66.4 Å². The van der Waals surface area contributed by atoms with Gasteiger partial charge < -0.3 is 10.1 Å². The number of hydrogen-bond donors (Lipinski definition) is 1. The predicted molar refractivity (Wildman–Crippen MR) is 93.7 cm³/mol. The molecule has 5 nitrogen and oxygen atoms in total. The number of methoxy groups -OCH3 is 1. The average molecular weight is 319 g/mol. The summed E-state index contributed by atoms with van der Waals surface area (Å²) in [7, 11) is 1.63. The van der Waals surface area contributed by atoms with Gasteiger partial charge in [-0.25, -0.2) is 9.97 Å². The maximum absolute atomic E-state index is 11.5. The van der Waals surface area contributed by atoms with E-state index in [-0.39, 0.29) is 5.78 Å². The van der Waals surface area contributed by atoms with Gasteiger partial charge in [-0.05, 0) is 37.3 Å². The number of ketones is 1. The molecule has 0 fully saturated rings. The number of hydrogen-bond acceptors (Lipinski definition) is 5. The molecule has 1 heterocycles. The fourth-order valence-corrected chi connectivity index (χ4v) is 2.37. The number of rotatable bonds is 5. The summed E-state index contributed by atoms with van der Waals surface area (Å²) in [5.41, 5.74) is 3.05. The number of Topliss-reactive ketones (excluding diaryl/α,β-unsaturated/α-hetero) is 1. The Kier molecular flexibility index (Phi) is 4.52. The second-order valence-corrected chi connectivity index (χ2v) is 5.23. The summed E-state index contributed by atoms with van der Waals surface area (Å²) in [4.78, 5) is 20.3. The summed E-state index contributed by atoms with van der Waals surface area (Å²) < 4.78 is 5.38. The highest BCUT2D eigenvalue weighted by molar-refractivity contribution is 5.95. The minimum absolute atomic E-state index is 0.0161. The van der Waals surface area contributed by atoms with Crippen molar-refractivity contribution in [3.63, 3.8) is 0 Å². The molecule has 2 aromatic carbocycles. The molecule has 1 N–H and O–H groups in total. The predicted octanol–water partition coefficient (Wildman–Crippen LogP) is 4.10. The van der Waals surface area contributed by atoms with Crippen LogP contribution in [0.15, 0.2) is 60.8 Å². The minimum atomic E-state index is 0.0161. The van der Waals surface area contributed by atoms with Gasteiger partial charge in [-0.2, -0.15) is 0 Å². The van der Waals surface area contributed by atoms with Crippen molar-refractivity contribution in [2.45, 2.75) is 6.92 Å². The van der Waals surface area contributed by atoms with E-state index in [4.69, 9.17) is 4.74 Å². The first-order valence-electron chi connectivity index (χ1n) is 7.52. The van der Waals surface area contributed by atoms with Gasteiger partial charge in [-0.1, -0.05) is 24.3 Å². The van der Waals surface area contributed by atoms with E-state index in [0.717, 1.165) is 22.7 Å². The van der Waals surface area contributed by atoms with Crippen molar-refractivity contribution in [1.82, 2.24) is 9.97 Å². The number of aromatic nitrogens is 2. The minimum Gasteiger partial charge on any atom is -0.496 e. The van der Waals surface area contributed by atoms with Crippen LogP contribution in [0.2, 0.25) is 0 Å². The molecule has 0 aliphatic rings. The summed E-state index contributed by atoms with van der Waals surface area (Å²) in [6, 6.07) is 16.8. The summed E-state index contributed by atoms with van der Waals surface area (Å²) in [5, 5.41) is 3.13. The van der Waals surface area contributed by atoms with Crippen LogP contribution in [0.1, 0.15) is 17.3 Å². The molecule has 1 aromatic heterocycles. The van der Waals surface area contributed by atoms with Gasteiger partial charge >= 0.3 is 0 Å². The summed E-state index contributed by atoms with van der Waals surface area (Å²) in [6.07, 6.45) is 1.69. The molecule has 3 aromatic rings. The van der Waals surface area contributed by atoms with Gasteiger partial charge in [0.25, 0.3) is 0 Å². The molecule has 0 aliphatic heterocycles. The highest BCUT2D eigenvalue weighted by Crippen LogP contribution is 2.28. The highest BCUT2D eigenvalue weighted by Gasteiger charge is 2.08. The van der Waals surface area contributed by atoms with E-state index in [1.807, 2.05) is 42.5 Å². The van der Waals surface area contributed by atoms with Crippen LogP contribution in [-0.2, 0) is 0 Å². The van der Waals surface area contributed by atoms with E-state index >= 15 is 0 Å². The van der Waals surface area contributed by atoms with Crippen molar-refractivity contribution in [3.8, 4) is 17.0 Å². The molecule has 0 bridgehead atoms.